The summed E-state index contributed by atoms with van der Waals surface area (Å²) in [5.74, 6) is -10.7. The van der Waals surface area contributed by atoms with E-state index in [0.717, 1.165) is 0 Å². The number of likely N-dealkylation sites (N-methyl/N-ethyl adjacent to an activating group) is 1. The highest BCUT2D eigenvalue weighted by molar-refractivity contribution is 6.32. The monoisotopic (exact) mass is 467 g/mol. The van der Waals surface area contributed by atoms with Gasteiger partial charge in [-0.05, 0) is 56.5 Å². The fraction of sp³-hybridized carbons (Fsp3) is 0.500. The number of nitriles is 1. The summed E-state index contributed by atoms with van der Waals surface area (Å²) in [4.78, 5) is 66.8. The molecule has 1 aromatic rings. The van der Waals surface area contributed by atoms with Crippen molar-refractivity contribution < 1.29 is 34.2 Å². The number of hydrogen-bond donors (Lipinski definition) is 3. The van der Waals surface area contributed by atoms with Gasteiger partial charge in [-0.1, -0.05) is 6.07 Å². The van der Waals surface area contributed by atoms with Crippen molar-refractivity contribution in [1.82, 2.24) is 4.90 Å². The van der Waals surface area contributed by atoms with E-state index < -0.39 is 64.4 Å². The van der Waals surface area contributed by atoms with Crippen LogP contribution in [0.1, 0.15) is 34.3 Å². The first kappa shape index (κ1) is 23.7. The summed E-state index contributed by atoms with van der Waals surface area (Å²) >= 11 is 0. The molecule has 0 saturated heterocycles. The van der Waals surface area contributed by atoms with Gasteiger partial charge in [0.15, 0.2) is 34.7 Å². The highest BCUT2D eigenvalue weighted by atomic mass is 16.3. The predicted octanol–water partition coefficient (Wildman–Crippen LogP) is -0.677. The first-order chi connectivity index (χ1) is 16.0. The molecule has 10 nitrogen and oxygen atoms in total. The number of nitrogens with two attached hydrogens (primary N) is 1. The Balaban J connectivity index is 1.86. The van der Waals surface area contributed by atoms with E-state index in [-0.39, 0.29) is 30.6 Å². The van der Waals surface area contributed by atoms with Crippen LogP contribution in [0.4, 0.5) is 0 Å². The quantitative estimate of drug-likeness (QED) is 0.484. The third-order valence-electron chi connectivity index (χ3n) is 7.55. The van der Waals surface area contributed by atoms with Gasteiger partial charge in [-0.15, -0.1) is 0 Å². The molecule has 0 heterocycles. The molecule has 6 atom stereocenters. The number of primary amides is 1. The van der Waals surface area contributed by atoms with Crippen molar-refractivity contribution in [2.24, 2.45) is 29.4 Å². The zero-order chi connectivity index (χ0) is 25.1. The third-order valence-corrected chi connectivity index (χ3v) is 7.55. The molecule has 6 unspecified atom stereocenters. The molecule has 0 radical (unpaired) electrons. The molecular formula is C24H25N3O7. The van der Waals surface area contributed by atoms with Crippen LogP contribution in [0.25, 0.3) is 0 Å². The lowest BCUT2D eigenvalue weighted by Gasteiger charge is -2.52. The molecule has 178 valence electrons. The number of phenols is 1. The first-order valence-corrected chi connectivity index (χ1v) is 11.0. The van der Waals surface area contributed by atoms with Gasteiger partial charge in [-0.2, -0.15) is 5.26 Å². The van der Waals surface area contributed by atoms with Crippen LogP contribution in [0.2, 0.25) is 0 Å². The molecule has 2 fully saturated rings. The number of aryl methyl sites for hydroxylation is 1. The molecule has 4 N–H and O–H groups in total. The van der Waals surface area contributed by atoms with E-state index in [1.165, 1.54) is 25.1 Å². The van der Waals surface area contributed by atoms with Gasteiger partial charge in [0.2, 0.25) is 5.91 Å². The second-order valence-corrected chi connectivity index (χ2v) is 9.54. The Hall–Kier alpha value is -3.42. The smallest absolute Gasteiger partial charge is 0.235 e. The Labute approximate surface area is 195 Å². The lowest BCUT2D eigenvalue weighted by molar-refractivity contribution is -0.181. The largest absolute Gasteiger partial charge is 0.507 e. The number of nitrogens with zero attached hydrogens (tertiary/aromatic N) is 2. The average Bonchev–Trinajstić information content (AvgIpc) is 2.75. The van der Waals surface area contributed by atoms with Crippen LogP contribution in [0, 0.1) is 35.0 Å². The third kappa shape index (κ3) is 3.11. The fourth-order valence-corrected chi connectivity index (χ4v) is 6.09. The molecule has 3 aliphatic carbocycles. The molecule has 0 bridgehead atoms. The van der Waals surface area contributed by atoms with Gasteiger partial charge >= 0.3 is 0 Å². The molecular weight excluding hydrogens is 442 g/mol. The fourth-order valence-electron chi connectivity index (χ4n) is 6.09. The Kier molecular flexibility index (Phi) is 5.66. The molecule has 3 aliphatic rings. The van der Waals surface area contributed by atoms with E-state index in [2.05, 4.69) is 0 Å². The molecule has 0 spiro atoms. The van der Waals surface area contributed by atoms with Crippen LogP contribution in [-0.2, 0) is 32.0 Å². The number of amides is 1. The van der Waals surface area contributed by atoms with Gasteiger partial charge < -0.3 is 15.9 Å². The lowest BCUT2D eigenvalue weighted by atomic mass is 9.52. The van der Waals surface area contributed by atoms with Crippen molar-refractivity contribution in [2.45, 2.75) is 37.3 Å². The summed E-state index contributed by atoms with van der Waals surface area (Å²) < 4.78 is 0. The summed E-state index contributed by atoms with van der Waals surface area (Å²) in [5.41, 5.74) is 3.74. The SMILES string of the molecule is CN(C)C1C(=O)C(C(N)=O)C(=O)C2(O)C(=O)C3C(=O)c4c(O)ccc(CCC#N)c4CC3CC12. The summed E-state index contributed by atoms with van der Waals surface area (Å²) in [6.07, 6.45) is 0.738. The Morgan fingerprint density at radius 1 is 1.24 bits per heavy atom. The molecule has 34 heavy (non-hydrogen) atoms. The molecule has 0 aliphatic heterocycles. The van der Waals surface area contributed by atoms with Crippen LogP contribution in [0.5, 0.6) is 5.75 Å². The molecule has 4 rings (SSSR count). The number of carbonyl (C=O) groups excluding carboxylic acids is 5. The minimum Gasteiger partial charge on any atom is -0.507 e. The lowest BCUT2D eigenvalue weighted by Crippen LogP contribution is -2.74. The van der Waals surface area contributed by atoms with Crippen LogP contribution < -0.4 is 5.73 Å². The van der Waals surface area contributed by atoms with Crippen molar-refractivity contribution in [3.63, 3.8) is 0 Å². The number of rotatable bonds is 4. The minimum atomic E-state index is -2.73. The summed E-state index contributed by atoms with van der Waals surface area (Å²) in [7, 11) is 3.07. The van der Waals surface area contributed by atoms with Gasteiger partial charge in [-0.3, -0.25) is 28.9 Å². The summed E-state index contributed by atoms with van der Waals surface area (Å²) in [5, 5.41) is 30.9. The maximum absolute atomic E-state index is 13.7. The first-order valence-electron chi connectivity index (χ1n) is 11.0. The Morgan fingerprint density at radius 2 is 1.91 bits per heavy atom. The van der Waals surface area contributed by atoms with Gasteiger partial charge in [0.05, 0.1) is 23.6 Å². The number of Topliss-reactive ketones (excluding diaryl/α,β-unsaturated/α-hetero) is 4. The predicted molar refractivity (Wildman–Crippen MR) is 115 cm³/mol. The number of fused-ring (bicyclic) bond motifs is 3. The normalized spacial score (nSPS) is 32.6. The number of ketones is 4. The minimum absolute atomic E-state index is 0.00274. The zero-order valence-corrected chi connectivity index (χ0v) is 18.8. The number of phenolic OH excluding ortho intramolecular Hbond substituents is 1. The second-order valence-electron chi connectivity index (χ2n) is 9.54. The number of benzene rings is 1. The van der Waals surface area contributed by atoms with Crippen molar-refractivity contribution in [2.75, 3.05) is 14.1 Å². The van der Waals surface area contributed by atoms with E-state index in [1.54, 1.807) is 6.07 Å². The van der Waals surface area contributed by atoms with Crippen LogP contribution in [0.15, 0.2) is 12.1 Å². The molecule has 1 aromatic carbocycles. The van der Waals surface area contributed by atoms with E-state index in [0.29, 0.717) is 17.5 Å². The van der Waals surface area contributed by atoms with E-state index in [9.17, 15) is 34.2 Å². The van der Waals surface area contributed by atoms with Crippen molar-refractivity contribution in [3.05, 3.63) is 28.8 Å². The Bertz CT molecular complexity index is 1180. The van der Waals surface area contributed by atoms with Crippen LogP contribution in [-0.4, -0.2) is 69.9 Å². The molecule has 10 heteroatoms. The van der Waals surface area contributed by atoms with Crippen molar-refractivity contribution >= 4 is 29.0 Å². The maximum Gasteiger partial charge on any atom is 0.235 e. The molecule has 1 amide bonds. The standard InChI is InChI=1S/C24H25N3O7/c1-27(2)18-13-9-11-8-12-10(4-3-7-25)5-6-14(28)16(12)19(29)15(11)21(31)24(13,34)22(32)17(20(18)30)23(26)33/h5-6,11,13,15,17-18,28,34H,3-4,8-9H2,1-2H3,(H2,26,33). The number of carbonyl (C=O) groups is 5. The molecule has 0 aromatic heterocycles. The topological polar surface area (TPSA) is 179 Å². The molecule has 2 saturated carbocycles. The number of aliphatic hydroxyl groups is 1. The van der Waals surface area contributed by atoms with E-state index >= 15 is 0 Å². The zero-order valence-electron chi connectivity index (χ0n) is 18.8. The van der Waals surface area contributed by atoms with Crippen molar-refractivity contribution in [3.8, 4) is 11.8 Å². The Morgan fingerprint density at radius 3 is 2.50 bits per heavy atom. The summed E-state index contributed by atoms with van der Waals surface area (Å²) in [6, 6.07) is 3.86. The van der Waals surface area contributed by atoms with Crippen LogP contribution >= 0.6 is 0 Å². The van der Waals surface area contributed by atoms with Crippen molar-refractivity contribution in [1.29, 1.82) is 5.26 Å². The van der Waals surface area contributed by atoms with Gasteiger partial charge in [-0.25, -0.2) is 0 Å². The van der Waals surface area contributed by atoms with E-state index in [1.807, 2.05) is 6.07 Å². The van der Waals surface area contributed by atoms with Gasteiger partial charge in [0.1, 0.15) is 5.75 Å². The van der Waals surface area contributed by atoms with E-state index in [4.69, 9.17) is 11.0 Å². The second kappa shape index (κ2) is 8.11. The highest BCUT2D eigenvalue weighted by Gasteiger charge is 2.69. The van der Waals surface area contributed by atoms with Gasteiger partial charge in [0.25, 0.3) is 0 Å². The average molecular weight is 467 g/mol. The summed E-state index contributed by atoms with van der Waals surface area (Å²) in [6.45, 7) is 0. The number of hydrogen-bond acceptors (Lipinski definition) is 9. The highest BCUT2D eigenvalue weighted by Crippen LogP contribution is 2.51. The maximum atomic E-state index is 13.7. The van der Waals surface area contributed by atoms with Crippen LogP contribution in [0.3, 0.4) is 0 Å². The van der Waals surface area contributed by atoms with Gasteiger partial charge in [0, 0.05) is 12.3 Å². The number of aromatic hydroxyl groups is 1.